The van der Waals surface area contributed by atoms with Gasteiger partial charge in [-0.2, -0.15) is 5.26 Å². The van der Waals surface area contributed by atoms with Gasteiger partial charge in [0.15, 0.2) is 0 Å². The molecule has 2 rings (SSSR count). The number of aromatic amines is 1. The Bertz CT molecular complexity index is 715. The van der Waals surface area contributed by atoms with E-state index < -0.39 is 11.9 Å². The molecule has 0 aliphatic rings. The van der Waals surface area contributed by atoms with Gasteiger partial charge >= 0.3 is 5.97 Å². The number of rotatable bonds is 3. The van der Waals surface area contributed by atoms with Crippen molar-refractivity contribution < 1.29 is 9.53 Å². The zero-order valence-electron chi connectivity index (χ0n) is 10.2. The molecule has 0 amide bonds. The van der Waals surface area contributed by atoms with Crippen LogP contribution in [-0.2, 0) is 9.53 Å². The van der Waals surface area contributed by atoms with Crippen LogP contribution < -0.4 is 5.56 Å². The lowest BCUT2D eigenvalue weighted by atomic mass is 10.1. The molecular weight excluding hydrogens is 246 g/mol. The first kappa shape index (κ1) is 12.8. The van der Waals surface area contributed by atoms with Crippen LogP contribution in [0, 0.1) is 11.3 Å². The maximum absolute atomic E-state index is 11.8. The number of para-hydroxylation sites is 1. The van der Waals surface area contributed by atoms with Crippen molar-refractivity contribution in [3.63, 3.8) is 0 Å². The number of nitrogens with one attached hydrogen (secondary N) is 1. The van der Waals surface area contributed by atoms with Crippen LogP contribution in [0.2, 0.25) is 0 Å². The van der Waals surface area contributed by atoms with E-state index in [-0.39, 0.29) is 18.0 Å². The van der Waals surface area contributed by atoms with E-state index in [0.717, 1.165) is 0 Å². The molecule has 0 aliphatic heterocycles. The summed E-state index contributed by atoms with van der Waals surface area (Å²) in [5.41, 5.74) is 0.0518. The fourth-order valence-corrected chi connectivity index (χ4v) is 1.69. The summed E-state index contributed by atoms with van der Waals surface area (Å²) in [6.07, 6.45) is 0. The van der Waals surface area contributed by atoms with Gasteiger partial charge in [0.1, 0.15) is 5.82 Å². The quantitative estimate of drug-likeness (QED) is 0.830. The average Bonchev–Trinajstić information content (AvgIpc) is 2.40. The van der Waals surface area contributed by atoms with E-state index in [2.05, 4.69) is 9.97 Å². The molecule has 1 aromatic heterocycles. The van der Waals surface area contributed by atoms with Crippen molar-refractivity contribution in [2.45, 2.75) is 12.8 Å². The smallest absolute Gasteiger partial charge is 0.331 e. The number of hydrogen-bond donors (Lipinski definition) is 1. The number of carbonyl (C=O) groups is 1. The SMILES string of the molecule is CCOC(=O)C(C#N)c1nc2ccccc2c(=O)[nH]1. The number of ether oxygens (including phenoxy) is 1. The molecule has 19 heavy (non-hydrogen) atoms. The number of nitrogens with zero attached hydrogens (tertiary/aromatic N) is 2. The van der Waals surface area contributed by atoms with Crippen LogP contribution in [0.25, 0.3) is 10.9 Å². The van der Waals surface area contributed by atoms with Crippen molar-refractivity contribution in [2.75, 3.05) is 6.61 Å². The Morgan fingerprint density at radius 3 is 2.95 bits per heavy atom. The van der Waals surface area contributed by atoms with Crippen molar-refractivity contribution in [3.8, 4) is 6.07 Å². The Labute approximate surface area is 108 Å². The van der Waals surface area contributed by atoms with Crippen molar-refractivity contribution >= 4 is 16.9 Å². The van der Waals surface area contributed by atoms with Crippen LogP contribution in [0.3, 0.4) is 0 Å². The molecule has 0 radical (unpaired) electrons. The molecule has 0 saturated heterocycles. The van der Waals surface area contributed by atoms with Crippen molar-refractivity contribution in [1.29, 1.82) is 5.26 Å². The molecule has 2 aromatic rings. The second-order valence-electron chi connectivity index (χ2n) is 3.78. The van der Waals surface area contributed by atoms with Gasteiger partial charge in [-0.15, -0.1) is 0 Å². The zero-order chi connectivity index (χ0) is 13.8. The van der Waals surface area contributed by atoms with Gasteiger partial charge in [0.2, 0.25) is 5.92 Å². The topological polar surface area (TPSA) is 95.8 Å². The minimum Gasteiger partial charge on any atom is -0.465 e. The Balaban J connectivity index is 2.53. The number of carbonyl (C=O) groups excluding carboxylic acids is 1. The van der Waals surface area contributed by atoms with E-state index in [1.807, 2.05) is 0 Å². The lowest BCUT2D eigenvalue weighted by Crippen LogP contribution is -2.21. The maximum atomic E-state index is 11.8. The second-order valence-corrected chi connectivity index (χ2v) is 3.78. The van der Waals surface area contributed by atoms with Crippen molar-refractivity contribution in [2.24, 2.45) is 0 Å². The van der Waals surface area contributed by atoms with Gasteiger partial charge in [-0.1, -0.05) is 12.1 Å². The highest BCUT2D eigenvalue weighted by atomic mass is 16.5. The molecule has 96 valence electrons. The highest BCUT2D eigenvalue weighted by Gasteiger charge is 2.24. The highest BCUT2D eigenvalue weighted by Crippen LogP contribution is 2.14. The van der Waals surface area contributed by atoms with E-state index in [1.165, 1.54) is 0 Å². The minimum absolute atomic E-state index is 0.00431. The second kappa shape index (κ2) is 5.31. The number of nitriles is 1. The third-order valence-electron chi connectivity index (χ3n) is 2.56. The molecule has 0 fully saturated rings. The highest BCUT2D eigenvalue weighted by molar-refractivity contribution is 5.82. The number of esters is 1. The molecule has 0 aliphatic carbocycles. The van der Waals surface area contributed by atoms with Gasteiger partial charge < -0.3 is 9.72 Å². The van der Waals surface area contributed by atoms with E-state index >= 15 is 0 Å². The van der Waals surface area contributed by atoms with Crippen LogP contribution in [-0.4, -0.2) is 22.5 Å². The molecule has 0 bridgehead atoms. The number of fused-ring (bicyclic) bond motifs is 1. The number of H-pyrrole nitrogens is 1. The Morgan fingerprint density at radius 2 is 2.26 bits per heavy atom. The summed E-state index contributed by atoms with van der Waals surface area (Å²) in [4.78, 5) is 30.0. The first-order chi connectivity index (χ1) is 9.17. The van der Waals surface area contributed by atoms with Crippen LogP contribution in [0.5, 0.6) is 0 Å². The number of benzene rings is 1. The summed E-state index contributed by atoms with van der Waals surface area (Å²) in [5.74, 6) is -1.94. The summed E-state index contributed by atoms with van der Waals surface area (Å²) < 4.78 is 4.78. The maximum Gasteiger partial charge on any atom is 0.331 e. The Hall–Kier alpha value is -2.68. The van der Waals surface area contributed by atoms with E-state index in [0.29, 0.717) is 10.9 Å². The molecule has 0 spiro atoms. The van der Waals surface area contributed by atoms with Gasteiger partial charge in [0.05, 0.1) is 23.6 Å². The van der Waals surface area contributed by atoms with Crippen LogP contribution in [0.4, 0.5) is 0 Å². The number of hydrogen-bond acceptors (Lipinski definition) is 5. The normalized spacial score (nSPS) is 11.8. The summed E-state index contributed by atoms with van der Waals surface area (Å²) >= 11 is 0. The first-order valence-electron chi connectivity index (χ1n) is 5.72. The predicted octanol–water partition coefficient (Wildman–Crippen LogP) is 1.09. The summed E-state index contributed by atoms with van der Waals surface area (Å²) in [7, 11) is 0. The lowest BCUT2D eigenvalue weighted by molar-refractivity contribution is -0.143. The molecule has 1 aromatic carbocycles. The molecule has 1 heterocycles. The largest absolute Gasteiger partial charge is 0.465 e. The Morgan fingerprint density at radius 1 is 1.53 bits per heavy atom. The molecule has 6 heteroatoms. The van der Waals surface area contributed by atoms with Gasteiger partial charge in [-0.25, -0.2) is 4.98 Å². The van der Waals surface area contributed by atoms with Crippen molar-refractivity contribution in [3.05, 3.63) is 40.4 Å². The van der Waals surface area contributed by atoms with Gasteiger partial charge in [-0.05, 0) is 19.1 Å². The lowest BCUT2D eigenvalue weighted by Gasteiger charge is -2.08. The summed E-state index contributed by atoms with van der Waals surface area (Å²) in [5, 5.41) is 9.44. The first-order valence-corrected chi connectivity index (χ1v) is 5.72. The van der Waals surface area contributed by atoms with E-state index in [1.54, 1.807) is 37.3 Å². The van der Waals surface area contributed by atoms with E-state index in [9.17, 15) is 9.59 Å². The standard InChI is InChI=1S/C13H11N3O3/c1-2-19-13(18)9(7-14)11-15-10-6-4-3-5-8(10)12(17)16-11/h3-6,9H,2H2,1H3,(H,15,16,17). The molecule has 6 nitrogen and oxygen atoms in total. The van der Waals surface area contributed by atoms with Crippen molar-refractivity contribution in [1.82, 2.24) is 9.97 Å². The van der Waals surface area contributed by atoms with Gasteiger partial charge in [0, 0.05) is 0 Å². The Kier molecular flexibility index (Phi) is 3.57. The van der Waals surface area contributed by atoms with Gasteiger partial charge in [0.25, 0.3) is 5.56 Å². The minimum atomic E-state index is -1.22. The van der Waals surface area contributed by atoms with E-state index in [4.69, 9.17) is 10.00 Å². The summed E-state index contributed by atoms with van der Waals surface area (Å²) in [6, 6.07) is 8.50. The van der Waals surface area contributed by atoms with Crippen LogP contribution >= 0.6 is 0 Å². The third-order valence-corrected chi connectivity index (χ3v) is 2.56. The predicted molar refractivity (Wildman–Crippen MR) is 67.4 cm³/mol. The average molecular weight is 257 g/mol. The van der Waals surface area contributed by atoms with Gasteiger partial charge in [-0.3, -0.25) is 9.59 Å². The summed E-state index contributed by atoms with van der Waals surface area (Å²) in [6.45, 7) is 1.80. The fraction of sp³-hybridized carbons (Fsp3) is 0.231. The molecule has 0 saturated carbocycles. The zero-order valence-corrected chi connectivity index (χ0v) is 10.2. The third kappa shape index (κ3) is 2.45. The van der Waals surface area contributed by atoms with Crippen LogP contribution in [0.15, 0.2) is 29.1 Å². The molecular formula is C13H11N3O3. The number of aromatic nitrogens is 2. The fourth-order valence-electron chi connectivity index (χ4n) is 1.69. The molecule has 1 atom stereocenters. The molecule has 1 N–H and O–H groups in total. The van der Waals surface area contributed by atoms with Crippen LogP contribution in [0.1, 0.15) is 18.7 Å². The monoisotopic (exact) mass is 257 g/mol. The molecule has 1 unspecified atom stereocenters.